The van der Waals surface area contributed by atoms with Crippen molar-refractivity contribution < 1.29 is 0 Å². The van der Waals surface area contributed by atoms with E-state index < -0.39 is 0 Å². The molecule has 1 saturated heterocycles. The minimum absolute atomic E-state index is 0.913. The summed E-state index contributed by atoms with van der Waals surface area (Å²) in [6.07, 6.45) is 2.71. The van der Waals surface area contributed by atoms with Gasteiger partial charge in [-0.3, -0.25) is 0 Å². The van der Waals surface area contributed by atoms with Gasteiger partial charge < -0.3 is 15.5 Å². The van der Waals surface area contributed by atoms with Crippen LogP contribution in [0.15, 0.2) is 18.2 Å². The lowest BCUT2D eigenvalue weighted by Gasteiger charge is -2.24. The fourth-order valence-corrected chi connectivity index (χ4v) is 2.42. The third-order valence-electron chi connectivity index (χ3n) is 3.66. The van der Waals surface area contributed by atoms with Crippen LogP contribution in [0.25, 0.3) is 0 Å². The molecule has 0 bridgehead atoms. The van der Waals surface area contributed by atoms with Gasteiger partial charge in [0.05, 0.1) is 11.4 Å². The van der Waals surface area contributed by atoms with Gasteiger partial charge >= 0.3 is 0 Å². The minimum atomic E-state index is 0.913. The average Bonchev–Trinajstić information content (AvgIpc) is 2.82. The van der Waals surface area contributed by atoms with Crippen LogP contribution in [0.5, 0.6) is 0 Å². The van der Waals surface area contributed by atoms with Crippen molar-refractivity contribution in [2.24, 2.45) is 0 Å². The van der Waals surface area contributed by atoms with Gasteiger partial charge in [-0.25, -0.2) is 0 Å². The molecule has 3 heteroatoms. The molecule has 0 aromatic heterocycles. The van der Waals surface area contributed by atoms with E-state index in [0.717, 1.165) is 30.0 Å². The van der Waals surface area contributed by atoms with E-state index in [1.807, 2.05) is 0 Å². The Morgan fingerprint density at radius 3 is 2.71 bits per heavy atom. The number of hydrogen-bond donors (Lipinski definition) is 1. The molecule has 1 aromatic rings. The van der Waals surface area contributed by atoms with Gasteiger partial charge in [-0.05, 0) is 44.5 Å². The first-order valence-electron chi connectivity index (χ1n) is 6.47. The highest BCUT2D eigenvalue weighted by atomic mass is 15.2. The predicted molar refractivity (Wildman–Crippen MR) is 74.5 cm³/mol. The molecule has 0 aliphatic carbocycles. The maximum Gasteiger partial charge on any atom is 0.0600 e. The first-order chi connectivity index (χ1) is 8.18. The average molecular weight is 233 g/mol. The Balaban J connectivity index is 1.94. The first-order valence-corrected chi connectivity index (χ1v) is 6.47. The molecule has 0 amide bonds. The molecule has 0 saturated carbocycles. The zero-order valence-electron chi connectivity index (χ0n) is 10.9. The van der Waals surface area contributed by atoms with E-state index in [-0.39, 0.29) is 0 Å². The number of aryl methyl sites for hydroxylation is 1. The maximum absolute atomic E-state index is 6.11. The Labute approximate surface area is 104 Å². The SMILES string of the molecule is Cc1cccc(N(C)CCN2CCCC2)c1N. The molecule has 1 aromatic carbocycles. The number of nitrogens with two attached hydrogens (primary N) is 1. The molecule has 1 heterocycles. The van der Waals surface area contributed by atoms with E-state index in [4.69, 9.17) is 5.73 Å². The van der Waals surface area contributed by atoms with Crippen molar-refractivity contribution in [2.45, 2.75) is 19.8 Å². The number of likely N-dealkylation sites (N-methyl/N-ethyl adjacent to an activating group) is 1. The number of nitrogen functional groups attached to an aromatic ring is 1. The number of para-hydroxylation sites is 1. The van der Waals surface area contributed by atoms with Gasteiger partial charge in [-0.15, -0.1) is 0 Å². The Morgan fingerprint density at radius 1 is 1.29 bits per heavy atom. The van der Waals surface area contributed by atoms with Crippen LogP contribution in [0.4, 0.5) is 11.4 Å². The second-order valence-electron chi connectivity index (χ2n) is 4.98. The Bertz CT molecular complexity index is 370. The van der Waals surface area contributed by atoms with Crippen LogP contribution < -0.4 is 10.6 Å². The molecule has 1 aliphatic rings. The van der Waals surface area contributed by atoms with E-state index in [1.165, 1.54) is 25.9 Å². The van der Waals surface area contributed by atoms with E-state index in [2.05, 4.69) is 42.0 Å². The number of benzene rings is 1. The van der Waals surface area contributed by atoms with Gasteiger partial charge in [0.2, 0.25) is 0 Å². The lowest BCUT2D eigenvalue weighted by atomic mass is 10.1. The fraction of sp³-hybridized carbons (Fsp3) is 0.571. The van der Waals surface area contributed by atoms with E-state index in [1.54, 1.807) is 0 Å². The highest BCUT2D eigenvalue weighted by Crippen LogP contribution is 2.24. The van der Waals surface area contributed by atoms with Crippen LogP contribution in [0, 0.1) is 6.92 Å². The zero-order valence-corrected chi connectivity index (χ0v) is 10.9. The van der Waals surface area contributed by atoms with Gasteiger partial charge in [0.1, 0.15) is 0 Å². The molecule has 3 nitrogen and oxygen atoms in total. The normalized spacial score (nSPS) is 16.4. The summed E-state index contributed by atoms with van der Waals surface area (Å²) in [7, 11) is 2.13. The summed E-state index contributed by atoms with van der Waals surface area (Å²) in [6, 6.07) is 6.24. The van der Waals surface area contributed by atoms with Crippen LogP contribution in [0.2, 0.25) is 0 Å². The summed E-state index contributed by atoms with van der Waals surface area (Å²) >= 11 is 0. The van der Waals surface area contributed by atoms with Crippen LogP contribution >= 0.6 is 0 Å². The second kappa shape index (κ2) is 5.41. The molecule has 0 atom stereocenters. The third-order valence-corrected chi connectivity index (χ3v) is 3.66. The molecule has 94 valence electrons. The van der Waals surface area contributed by atoms with Crippen molar-refractivity contribution in [2.75, 3.05) is 43.9 Å². The molecular weight excluding hydrogens is 210 g/mol. The highest BCUT2D eigenvalue weighted by molar-refractivity contribution is 5.70. The van der Waals surface area contributed by atoms with Crippen LogP contribution in [0.1, 0.15) is 18.4 Å². The highest BCUT2D eigenvalue weighted by Gasteiger charge is 2.13. The number of anilines is 2. The van der Waals surface area contributed by atoms with E-state index in [9.17, 15) is 0 Å². The van der Waals surface area contributed by atoms with Crippen LogP contribution in [-0.2, 0) is 0 Å². The van der Waals surface area contributed by atoms with Crippen molar-refractivity contribution >= 4 is 11.4 Å². The van der Waals surface area contributed by atoms with Gasteiger partial charge in [0.25, 0.3) is 0 Å². The van der Waals surface area contributed by atoms with Crippen molar-refractivity contribution in [3.05, 3.63) is 23.8 Å². The molecule has 0 unspecified atom stereocenters. The van der Waals surface area contributed by atoms with Crippen LogP contribution in [-0.4, -0.2) is 38.1 Å². The van der Waals surface area contributed by atoms with Crippen molar-refractivity contribution in [3.63, 3.8) is 0 Å². The smallest absolute Gasteiger partial charge is 0.0600 e. The second-order valence-corrected chi connectivity index (χ2v) is 4.98. The van der Waals surface area contributed by atoms with Gasteiger partial charge in [-0.2, -0.15) is 0 Å². The maximum atomic E-state index is 6.11. The Morgan fingerprint density at radius 2 is 2.00 bits per heavy atom. The molecule has 0 radical (unpaired) electrons. The third kappa shape index (κ3) is 2.91. The lowest BCUT2D eigenvalue weighted by molar-refractivity contribution is 0.347. The molecule has 17 heavy (non-hydrogen) atoms. The molecular formula is C14H23N3. The van der Waals surface area contributed by atoms with Gasteiger partial charge in [0, 0.05) is 20.1 Å². The predicted octanol–water partition coefficient (Wildman–Crippen LogP) is 2.11. The summed E-state index contributed by atoms with van der Waals surface area (Å²) in [5.74, 6) is 0. The number of nitrogens with zero attached hydrogens (tertiary/aromatic N) is 2. The van der Waals surface area contributed by atoms with Crippen molar-refractivity contribution in [1.29, 1.82) is 0 Å². The summed E-state index contributed by atoms with van der Waals surface area (Å²) in [5.41, 5.74) is 9.34. The summed E-state index contributed by atoms with van der Waals surface area (Å²) in [4.78, 5) is 4.79. The van der Waals surface area contributed by atoms with Gasteiger partial charge in [-0.1, -0.05) is 12.1 Å². The van der Waals surface area contributed by atoms with Crippen molar-refractivity contribution in [1.82, 2.24) is 4.90 Å². The Hall–Kier alpha value is -1.22. The number of hydrogen-bond acceptors (Lipinski definition) is 3. The number of likely N-dealkylation sites (tertiary alicyclic amines) is 1. The Kier molecular flexibility index (Phi) is 3.89. The minimum Gasteiger partial charge on any atom is -0.397 e. The first kappa shape index (κ1) is 12.2. The molecule has 1 fully saturated rings. The molecule has 2 rings (SSSR count). The number of rotatable bonds is 4. The molecule has 2 N–H and O–H groups in total. The largest absolute Gasteiger partial charge is 0.397 e. The van der Waals surface area contributed by atoms with Gasteiger partial charge in [0.15, 0.2) is 0 Å². The fourth-order valence-electron chi connectivity index (χ4n) is 2.42. The quantitative estimate of drug-likeness (QED) is 0.808. The van der Waals surface area contributed by atoms with Crippen molar-refractivity contribution in [3.8, 4) is 0 Å². The van der Waals surface area contributed by atoms with E-state index >= 15 is 0 Å². The molecule has 0 spiro atoms. The standard InChI is InChI=1S/C14H23N3/c1-12-6-5-7-13(14(12)15)16(2)10-11-17-8-3-4-9-17/h5-7H,3-4,8-11,15H2,1-2H3. The molecule has 1 aliphatic heterocycles. The lowest BCUT2D eigenvalue weighted by Crippen LogP contribution is -2.31. The monoisotopic (exact) mass is 233 g/mol. The summed E-state index contributed by atoms with van der Waals surface area (Å²) < 4.78 is 0. The topological polar surface area (TPSA) is 32.5 Å². The summed E-state index contributed by atoms with van der Waals surface area (Å²) in [6.45, 7) is 6.78. The zero-order chi connectivity index (χ0) is 12.3. The van der Waals surface area contributed by atoms with E-state index in [0.29, 0.717) is 0 Å². The van der Waals surface area contributed by atoms with Crippen LogP contribution in [0.3, 0.4) is 0 Å². The summed E-state index contributed by atoms with van der Waals surface area (Å²) in [5, 5.41) is 0.